The Kier molecular flexibility index (Phi) is 4.06. The van der Waals surface area contributed by atoms with Gasteiger partial charge in [-0.15, -0.1) is 0 Å². The minimum atomic E-state index is -0.375. The standard InChI is InChI=1S/C19H19FN2O/c1-3-16-18(13-8-5-4-6-9-13)15(12-22(16)21)14-10-7-11-17(23-2)19(14)20/h4-12H,3,21H2,1-2H3. The number of nitrogens with two attached hydrogens (primary N) is 1. The van der Waals surface area contributed by atoms with Gasteiger partial charge in [-0.1, -0.05) is 49.4 Å². The third-order valence-corrected chi connectivity index (χ3v) is 4.01. The van der Waals surface area contributed by atoms with E-state index in [1.807, 2.05) is 37.3 Å². The smallest absolute Gasteiger partial charge is 0.172 e. The molecule has 3 nitrogen and oxygen atoms in total. The molecule has 23 heavy (non-hydrogen) atoms. The fourth-order valence-electron chi connectivity index (χ4n) is 2.93. The Labute approximate surface area is 135 Å². The van der Waals surface area contributed by atoms with Crippen LogP contribution >= 0.6 is 0 Å². The van der Waals surface area contributed by atoms with Crippen LogP contribution in [0.3, 0.4) is 0 Å². The fraction of sp³-hybridized carbons (Fsp3) is 0.158. The summed E-state index contributed by atoms with van der Waals surface area (Å²) in [5.74, 6) is 5.96. The van der Waals surface area contributed by atoms with Crippen molar-refractivity contribution in [1.82, 2.24) is 4.68 Å². The molecule has 0 spiro atoms. The Bertz CT molecular complexity index is 825. The van der Waals surface area contributed by atoms with E-state index in [2.05, 4.69) is 0 Å². The zero-order valence-corrected chi connectivity index (χ0v) is 13.2. The molecule has 0 fully saturated rings. The van der Waals surface area contributed by atoms with Crippen molar-refractivity contribution < 1.29 is 9.13 Å². The molecule has 0 aliphatic rings. The summed E-state index contributed by atoms with van der Waals surface area (Å²) in [7, 11) is 1.46. The molecule has 1 aromatic heterocycles. The summed E-state index contributed by atoms with van der Waals surface area (Å²) in [6.07, 6.45) is 2.53. The summed E-state index contributed by atoms with van der Waals surface area (Å²) in [6, 6.07) is 15.1. The van der Waals surface area contributed by atoms with E-state index >= 15 is 0 Å². The van der Waals surface area contributed by atoms with Gasteiger partial charge in [-0.3, -0.25) is 4.68 Å². The molecule has 0 saturated heterocycles. The van der Waals surface area contributed by atoms with Crippen molar-refractivity contribution in [3.63, 3.8) is 0 Å². The van der Waals surface area contributed by atoms with Crippen molar-refractivity contribution in [2.75, 3.05) is 13.0 Å². The first-order valence-electron chi connectivity index (χ1n) is 7.55. The third kappa shape index (κ3) is 2.57. The largest absolute Gasteiger partial charge is 0.494 e. The van der Waals surface area contributed by atoms with Crippen LogP contribution in [0.1, 0.15) is 12.6 Å². The van der Waals surface area contributed by atoms with E-state index in [1.165, 1.54) is 7.11 Å². The van der Waals surface area contributed by atoms with Crippen molar-refractivity contribution in [3.05, 3.63) is 66.2 Å². The highest BCUT2D eigenvalue weighted by Gasteiger charge is 2.20. The average Bonchev–Trinajstić information content (AvgIpc) is 2.92. The van der Waals surface area contributed by atoms with Gasteiger partial charge in [0.15, 0.2) is 11.6 Å². The molecule has 0 radical (unpaired) electrons. The number of ether oxygens (including phenoxy) is 1. The van der Waals surface area contributed by atoms with Gasteiger partial charge < -0.3 is 10.6 Å². The molecule has 118 valence electrons. The van der Waals surface area contributed by atoms with E-state index in [9.17, 15) is 4.39 Å². The Balaban J connectivity index is 2.29. The molecule has 0 bridgehead atoms. The normalized spacial score (nSPS) is 10.7. The molecule has 0 amide bonds. The number of aromatic nitrogens is 1. The molecular weight excluding hydrogens is 291 g/mol. The number of halogens is 1. The van der Waals surface area contributed by atoms with E-state index in [-0.39, 0.29) is 11.6 Å². The van der Waals surface area contributed by atoms with Gasteiger partial charge in [0.2, 0.25) is 0 Å². The molecule has 0 atom stereocenters. The van der Waals surface area contributed by atoms with Crippen LogP contribution in [0.5, 0.6) is 5.75 Å². The van der Waals surface area contributed by atoms with E-state index in [4.69, 9.17) is 10.6 Å². The zero-order valence-electron chi connectivity index (χ0n) is 13.2. The fourth-order valence-corrected chi connectivity index (χ4v) is 2.93. The number of benzene rings is 2. The lowest BCUT2D eigenvalue weighted by Gasteiger charge is -2.10. The van der Waals surface area contributed by atoms with Crippen LogP contribution in [0.25, 0.3) is 22.3 Å². The molecule has 2 aromatic carbocycles. The van der Waals surface area contributed by atoms with E-state index in [0.29, 0.717) is 5.56 Å². The second kappa shape index (κ2) is 6.16. The van der Waals surface area contributed by atoms with Gasteiger partial charge in [0.05, 0.1) is 7.11 Å². The van der Waals surface area contributed by atoms with Crippen LogP contribution in [0, 0.1) is 5.82 Å². The number of rotatable bonds is 4. The van der Waals surface area contributed by atoms with Gasteiger partial charge in [-0.25, -0.2) is 4.39 Å². The van der Waals surface area contributed by atoms with Crippen molar-refractivity contribution in [2.45, 2.75) is 13.3 Å². The number of methoxy groups -OCH3 is 1. The Morgan fingerprint density at radius 1 is 1.04 bits per heavy atom. The summed E-state index contributed by atoms with van der Waals surface area (Å²) in [5.41, 5.74) is 4.20. The van der Waals surface area contributed by atoms with Gasteiger partial charge >= 0.3 is 0 Å². The van der Waals surface area contributed by atoms with Crippen molar-refractivity contribution in [1.29, 1.82) is 0 Å². The van der Waals surface area contributed by atoms with Crippen molar-refractivity contribution in [3.8, 4) is 28.0 Å². The molecule has 0 saturated carbocycles. The van der Waals surface area contributed by atoms with Gasteiger partial charge in [-0.05, 0) is 18.1 Å². The molecule has 3 aromatic rings. The quantitative estimate of drug-likeness (QED) is 0.732. The highest BCUT2D eigenvalue weighted by Crippen LogP contribution is 2.39. The molecule has 0 aliphatic heterocycles. The average molecular weight is 310 g/mol. The van der Waals surface area contributed by atoms with Crippen LogP contribution in [0.2, 0.25) is 0 Å². The summed E-state index contributed by atoms with van der Waals surface area (Å²) in [4.78, 5) is 0. The minimum absolute atomic E-state index is 0.226. The number of nitrogen functional groups attached to an aromatic ring is 1. The first kappa shape index (κ1) is 15.2. The maximum Gasteiger partial charge on any atom is 0.172 e. The lowest BCUT2D eigenvalue weighted by atomic mass is 9.95. The Morgan fingerprint density at radius 2 is 1.78 bits per heavy atom. The van der Waals surface area contributed by atoms with Gasteiger partial charge in [0.25, 0.3) is 0 Å². The van der Waals surface area contributed by atoms with Crippen molar-refractivity contribution >= 4 is 0 Å². The Hall–Kier alpha value is -2.75. The highest BCUT2D eigenvalue weighted by atomic mass is 19.1. The maximum absolute atomic E-state index is 14.7. The third-order valence-electron chi connectivity index (χ3n) is 4.01. The first-order valence-corrected chi connectivity index (χ1v) is 7.55. The highest BCUT2D eigenvalue weighted by molar-refractivity contribution is 5.86. The van der Waals surface area contributed by atoms with Crippen LogP contribution < -0.4 is 10.6 Å². The maximum atomic E-state index is 14.7. The lowest BCUT2D eigenvalue weighted by molar-refractivity contribution is 0.387. The zero-order chi connectivity index (χ0) is 16.4. The van der Waals surface area contributed by atoms with E-state index in [0.717, 1.165) is 28.8 Å². The second-order valence-corrected chi connectivity index (χ2v) is 5.31. The van der Waals surface area contributed by atoms with E-state index < -0.39 is 0 Å². The van der Waals surface area contributed by atoms with Crippen molar-refractivity contribution in [2.24, 2.45) is 0 Å². The molecule has 4 heteroatoms. The minimum Gasteiger partial charge on any atom is -0.494 e. The van der Waals surface area contributed by atoms with Gasteiger partial charge in [0.1, 0.15) is 0 Å². The lowest BCUT2D eigenvalue weighted by Crippen LogP contribution is -2.10. The summed E-state index contributed by atoms with van der Waals surface area (Å²) in [5, 5.41) is 0. The topological polar surface area (TPSA) is 40.2 Å². The Morgan fingerprint density at radius 3 is 2.43 bits per heavy atom. The van der Waals surface area contributed by atoms with Crippen LogP contribution in [0.4, 0.5) is 4.39 Å². The predicted molar refractivity (Wildman–Crippen MR) is 91.3 cm³/mol. The van der Waals surface area contributed by atoms with Gasteiger partial charge in [-0.2, -0.15) is 0 Å². The summed E-state index contributed by atoms with van der Waals surface area (Å²) in [6.45, 7) is 2.04. The van der Waals surface area contributed by atoms with Crippen LogP contribution in [-0.2, 0) is 6.42 Å². The molecule has 0 unspecified atom stereocenters. The summed E-state index contributed by atoms with van der Waals surface area (Å²) < 4.78 is 21.4. The molecule has 1 heterocycles. The molecule has 0 aliphatic carbocycles. The number of nitrogens with zero attached hydrogens (tertiary/aromatic N) is 1. The molecule has 2 N–H and O–H groups in total. The monoisotopic (exact) mass is 310 g/mol. The molecule has 3 rings (SSSR count). The number of hydrogen-bond donors (Lipinski definition) is 1. The summed E-state index contributed by atoms with van der Waals surface area (Å²) >= 11 is 0. The van der Waals surface area contributed by atoms with Crippen LogP contribution in [-0.4, -0.2) is 11.8 Å². The molecular formula is C19H19FN2O. The van der Waals surface area contributed by atoms with Crippen LogP contribution in [0.15, 0.2) is 54.7 Å². The second-order valence-electron chi connectivity index (χ2n) is 5.31. The predicted octanol–water partition coefficient (Wildman–Crippen LogP) is 4.25. The SMILES string of the molecule is CCc1c(-c2ccccc2)c(-c2cccc(OC)c2F)cn1N. The van der Waals surface area contributed by atoms with E-state index in [1.54, 1.807) is 29.1 Å². The first-order chi connectivity index (χ1) is 11.2. The number of hydrogen-bond acceptors (Lipinski definition) is 2. The van der Waals surface area contributed by atoms with Gasteiger partial charge in [0, 0.05) is 28.6 Å².